The first kappa shape index (κ1) is 16.2. The van der Waals surface area contributed by atoms with E-state index in [0.29, 0.717) is 11.5 Å². The van der Waals surface area contributed by atoms with E-state index in [1.54, 1.807) is 32.9 Å². The largest absolute Gasteiger partial charge is 0.496 e. The van der Waals surface area contributed by atoms with Crippen molar-refractivity contribution in [1.29, 1.82) is 0 Å². The highest BCUT2D eigenvalue weighted by Gasteiger charge is 2.13. The predicted octanol–water partition coefficient (Wildman–Crippen LogP) is 3.42. The number of hydrogen-bond donors (Lipinski definition) is 1. The summed E-state index contributed by atoms with van der Waals surface area (Å²) in [4.78, 5) is 10.7. The minimum Gasteiger partial charge on any atom is -0.496 e. The van der Waals surface area contributed by atoms with Gasteiger partial charge in [-0.2, -0.15) is 11.8 Å². The molecule has 0 heterocycles. The van der Waals surface area contributed by atoms with Crippen molar-refractivity contribution in [3.8, 4) is 11.5 Å². The number of thioether (sulfide) groups is 1. The van der Waals surface area contributed by atoms with Crippen molar-refractivity contribution in [3.05, 3.63) is 22.2 Å². The summed E-state index contributed by atoms with van der Waals surface area (Å²) in [6.45, 7) is 1.70. The van der Waals surface area contributed by atoms with E-state index >= 15 is 0 Å². The zero-order valence-corrected chi connectivity index (χ0v) is 13.5. The quantitative estimate of drug-likeness (QED) is 0.818. The van der Waals surface area contributed by atoms with Crippen LogP contribution < -0.4 is 9.47 Å². The van der Waals surface area contributed by atoms with Crippen LogP contribution in [0.3, 0.4) is 0 Å². The van der Waals surface area contributed by atoms with Crippen LogP contribution in [-0.4, -0.2) is 31.0 Å². The first-order valence-corrected chi connectivity index (χ1v) is 7.65. The molecule has 0 amide bonds. The number of hydrogen-bond acceptors (Lipinski definition) is 4. The van der Waals surface area contributed by atoms with E-state index in [9.17, 15) is 4.79 Å². The lowest BCUT2D eigenvalue weighted by Gasteiger charge is -2.12. The molecule has 0 saturated heterocycles. The molecular weight excluding hydrogens is 332 g/mol. The molecule has 0 aliphatic rings. The molecule has 0 aliphatic heterocycles. The molecule has 1 rings (SSSR count). The number of aliphatic carboxylic acids is 1. The fourth-order valence-corrected chi connectivity index (χ4v) is 3.00. The number of halogens is 1. The standard InChI is InChI=1S/C13H17BrO4S/c1-8(13(15)16)6-19-7-9-4-12(18-3)10(14)5-11(9)17-2/h4-5,8H,6-7H2,1-3H3,(H,15,16). The maximum absolute atomic E-state index is 10.7. The van der Waals surface area contributed by atoms with E-state index in [0.717, 1.165) is 21.5 Å². The van der Waals surface area contributed by atoms with E-state index in [2.05, 4.69) is 15.9 Å². The minimum atomic E-state index is -0.771. The summed E-state index contributed by atoms with van der Waals surface area (Å²) < 4.78 is 11.4. The lowest BCUT2D eigenvalue weighted by atomic mass is 10.2. The molecule has 1 unspecified atom stereocenters. The molecule has 0 spiro atoms. The van der Waals surface area contributed by atoms with Crippen LogP contribution in [0.1, 0.15) is 12.5 Å². The molecule has 0 aliphatic carbocycles. The van der Waals surface area contributed by atoms with Crippen LogP contribution in [0.5, 0.6) is 11.5 Å². The molecule has 1 aromatic rings. The highest BCUT2D eigenvalue weighted by molar-refractivity contribution is 9.10. The molecule has 6 heteroatoms. The molecule has 1 atom stereocenters. The third kappa shape index (κ3) is 4.62. The maximum Gasteiger partial charge on any atom is 0.307 e. The Bertz CT molecular complexity index is 451. The Morgan fingerprint density at radius 3 is 2.53 bits per heavy atom. The molecule has 0 fully saturated rings. The van der Waals surface area contributed by atoms with Gasteiger partial charge in [-0.25, -0.2) is 0 Å². The molecule has 1 aromatic carbocycles. The zero-order valence-electron chi connectivity index (χ0n) is 11.1. The molecule has 4 nitrogen and oxygen atoms in total. The second-order valence-corrected chi connectivity index (χ2v) is 5.94. The van der Waals surface area contributed by atoms with Crippen molar-refractivity contribution in [2.45, 2.75) is 12.7 Å². The molecule has 1 N–H and O–H groups in total. The van der Waals surface area contributed by atoms with Gasteiger partial charge in [0, 0.05) is 17.1 Å². The lowest BCUT2D eigenvalue weighted by Crippen LogP contribution is -2.11. The van der Waals surface area contributed by atoms with Gasteiger partial charge in [0.2, 0.25) is 0 Å². The van der Waals surface area contributed by atoms with Crippen LogP contribution in [0.15, 0.2) is 16.6 Å². The summed E-state index contributed by atoms with van der Waals surface area (Å²) in [6, 6.07) is 3.76. The van der Waals surface area contributed by atoms with Crippen molar-refractivity contribution in [3.63, 3.8) is 0 Å². The van der Waals surface area contributed by atoms with Crippen molar-refractivity contribution in [2.75, 3.05) is 20.0 Å². The van der Waals surface area contributed by atoms with Gasteiger partial charge in [-0.3, -0.25) is 4.79 Å². The summed E-state index contributed by atoms with van der Waals surface area (Å²) in [7, 11) is 3.22. The van der Waals surface area contributed by atoms with Crippen LogP contribution >= 0.6 is 27.7 Å². The number of rotatable bonds is 7. The maximum atomic E-state index is 10.7. The number of carboxylic acid groups (broad SMARTS) is 1. The summed E-state index contributed by atoms with van der Waals surface area (Å²) in [5.41, 5.74) is 0.991. The van der Waals surface area contributed by atoms with Gasteiger partial charge in [-0.15, -0.1) is 0 Å². The average molecular weight is 349 g/mol. The summed E-state index contributed by atoms with van der Waals surface area (Å²) in [5.74, 6) is 1.63. The Kier molecular flexibility index (Phi) is 6.51. The van der Waals surface area contributed by atoms with Crippen LogP contribution in [-0.2, 0) is 10.5 Å². The average Bonchev–Trinajstić information content (AvgIpc) is 2.39. The molecule has 0 saturated carbocycles. The SMILES string of the molecule is COc1cc(CSCC(C)C(=O)O)c(OC)cc1Br. The predicted molar refractivity (Wildman–Crippen MR) is 80.2 cm³/mol. The van der Waals surface area contributed by atoms with E-state index in [1.807, 2.05) is 12.1 Å². The topological polar surface area (TPSA) is 55.8 Å². The van der Waals surface area contributed by atoms with Crippen molar-refractivity contribution in [2.24, 2.45) is 5.92 Å². The monoisotopic (exact) mass is 348 g/mol. The normalized spacial score (nSPS) is 12.0. The molecule has 0 bridgehead atoms. The zero-order chi connectivity index (χ0) is 14.4. The Labute approximate surface area is 125 Å². The molecule has 0 radical (unpaired) electrons. The molecule has 106 valence electrons. The Hall–Kier alpha value is -0.880. The summed E-state index contributed by atoms with van der Waals surface area (Å²) in [5, 5.41) is 8.83. The Morgan fingerprint density at radius 2 is 2.00 bits per heavy atom. The van der Waals surface area contributed by atoms with Gasteiger partial charge < -0.3 is 14.6 Å². The second-order valence-electron chi connectivity index (χ2n) is 4.05. The van der Waals surface area contributed by atoms with Gasteiger partial charge >= 0.3 is 5.97 Å². The summed E-state index contributed by atoms with van der Waals surface area (Å²) in [6.07, 6.45) is 0. The van der Waals surface area contributed by atoms with E-state index < -0.39 is 5.97 Å². The van der Waals surface area contributed by atoms with Crippen LogP contribution in [0.4, 0.5) is 0 Å². The first-order chi connectivity index (χ1) is 8.99. The molecule has 19 heavy (non-hydrogen) atoms. The third-order valence-electron chi connectivity index (χ3n) is 2.60. The van der Waals surface area contributed by atoms with Gasteiger partial charge in [0.05, 0.1) is 24.6 Å². The Morgan fingerprint density at radius 1 is 1.37 bits per heavy atom. The van der Waals surface area contributed by atoms with E-state index in [4.69, 9.17) is 14.6 Å². The van der Waals surface area contributed by atoms with Gasteiger partial charge in [0.15, 0.2) is 0 Å². The number of methoxy groups -OCH3 is 2. The second kappa shape index (κ2) is 7.65. The minimum absolute atomic E-state index is 0.353. The third-order valence-corrected chi connectivity index (χ3v) is 4.47. The highest BCUT2D eigenvalue weighted by atomic mass is 79.9. The number of benzene rings is 1. The molecule has 0 aromatic heterocycles. The van der Waals surface area contributed by atoms with Crippen molar-refractivity contribution in [1.82, 2.24) is 0 Å². The van der Waals surface area contributed by atoms with E-state index in [-0.39, 0.29) is 5.92 Å². The smallest absolute Gasteiger partial charge is 0.307 e. The molecular formula is C13H17BrO4S. The van der Waals surface area contributed by atoms with Gasteiger partial charge in [-0.05, 0) is 28.1 Å². The van der Waals surface area contributed by atoms with Crippen molar-refractivity contribution < 1.29 is 19.4 Å². The van der Waals surface area contributed by atoms with Crippen LogP contribution in [0.25, 0.3) is 0 Å². The van der Waals surface area contributed by atoms with Gasteiger partial charge in [0.1, 0.15) is 11.5 Å². The van der Waals surface area contributed by atoms with E-state index in [1.165, 1.54) is 0 Å². The fourth-order valence-electron chi connectivity index (χ4n) is 1.45. The lowest BCUT2D eigenvalue weighted by molar-refractivity contribution is -0.140. The summed E-state index contributed by atoms with van der Waals surface area (Å²) >= 11 is 4.97. The fraction of sp³-hybridized carbons (Fsp3) is 0.462. The first-order valence-electron chi connectivity index (χ1n) is 5.70. The van der Waals surface area contributed by atoms with Crippen molar-refractivity contribution >= 4 is 33.7 Å². The highest BCUT2D eigenvalue weighted by Crippen LogP contribution is 2.34. The van der Waals surface area contributed by atoms with Crippen LogP contribution in [0.2, 0.25) is 0 Å². The number of ether oxygens (including phenoxy) is 2. The van der Waals surface area contributed by atoms with Crippen LogP contribution in [0, 0.1) is 5.92 Å². The van der Waals surface area contributed by atoms with Gasteiger partial charge in [0.25, 0.3) is 0 Å². The van der Waals surface area contributed by atoms with Gasteiger partial charge in [-0.1, -0.05) is 6.92 Å². The number of carbonyl (C=O) groups is 1. The Balaban J connectivity index is 2.74. The number of carboxylic acids is 1.